The molecule has 0 saturated heterocycles. The second-order valence-electron chi connectivity index (χ2n) is 18.0. The van der Waals surface area contributed by atoms with E-state index >= 15 is 0 Å². The Morgan fingerprint density at radius 1 is 0.319 bits per heavy atom. The molecule has 0 aliphatic carbocycles. The van der Waals surface area contributed by atoms with Crippen LogP contribution in [-0.4, -0.2) is 24.1 Å². The van der Waals surface area contributed by atoms with Crippen LogP contribution in [0.5, 0.6) is 0 Å². The lowest BCUT2D eigenvalue weighted by molar-refractivity contribution is 0.672. The highest BCUT2D eigenvalue weighted by molar-refractivity contribution is 6.23. The Morgan fingerprint density at radius 3 is 1.58 bits per heavy atom. The summed E-state index contributed by atoms with van der Waals surface area (Å²) in [5, 5.41) is 13.7. The van der Waals surface area contributed by atoms with Gasteiger partial charge in [-0.3, -0.25) is 0 Å². The summed E-state index contributed by atoms with van der Waals surface area (Å²) in [6.07, 6.45) is 0. The van der Waals surface area contributed by atoms with E-state index in [0.717, 1.165) is 88.2 Å². The zero-order chi connectivity index (χ0) is 45.2. The van der Waals surface area contributed by atoms with Gasteiger partial charge in [0.25, 0.3) is 0 Å². The molecule has 4 heterocycles. The van der Waals surface area contributed by atoms with Gasteiger partial charge in [-0.05, 0) is 82.2 Å². The molecule has 15 rings (SSSR count). The van der Waals surface area contributed by atoms with Crippen molar-refractivity contribution in [2.24, 2.45) is 0 Å². The third-order valence-corrected chi connectivity index (χ3v) is 14.1. The van der Waals surface area contributed by atoms with Gasteiger partial charge in [0, 0.05) is 65.5 Å². The molecular formula is C63H37N5O. The molecule has 15 aromatic rings. The molecular weight excluding hydrogens is 843 g/mol. The first kappa shape index (κ1) is 37.8. The minimum Gasteiger partial charge on any atom is -0.455 e. The van der Waals surface area contributed by atoms with Gasteiger partial charge in [0.1, 0.15) is 11.2 Å². The van der Waals surface area contributed by atoms with E-state index in [0.29, 0.717) is 17.5 Å². The maximum Gasteiger partial charge on any atom is 0.164 e. The molecule has 320 valence electrons. The lowest BCUT2D eigenvalue weighted by Gasteiger charge is -2.13. The van der Waals surface area contributed by atoms with Crippen LogP contribution >= 0.6 is 0 Å². The van der Waals surface area contributed by atoms with E-state index in [1.54, 1.807) is 0 Å². The molecule has 0 bridgehead atoms. The Labute approximate surface area is 394 Å². The largest absolute Gasteiger partial charge is 0.455 e. The van der Waals surface area contributed by atoms with Gasteiger partial charge in [-0.15, -0.1) is 0 Å². The third-order valence-electron chi connectivity index (χ3n) is 14.1. The average molecular weight is 880 g/mol. The van der Waals surface area contributed by atoms with E-state index in [-0.39, 0.29) is 0 Å². The fourth-order valence-corrected chi connectivity index (χ4v) is 11.0. The van der Waals surface area contributed by atoms with Gasteiger partial charge in [0.15, 0.2) is 17.5 Å². The molecule has 6 heteroatoms. The van der Waals surface area contributed by atoms with Crippen LogP contribution in [0.3, 0.4) is 0 Å². The predicted octanol–water partition coefficient (Wildman–Crippen LogP) is 16.4. The molecule has 11 aromatic carbocycles. The number of rotatable bonds is 5. The molecule has 0 atom stereocenters. The van der Waals surface area contributed by atoms with Crippen LogP contribution in [0.25, 0.3) is 143 Å². The van der Waals surface area contributed by atoms with Crippen molar-refractivity contribution in [2.45, 2.75) is 0 Å². The van der Waals surface area contributed by atoms with Crippen LogP contribution in [0.15, 0.2) is 229 Å². The summed E-state index contributed by atoms with van der Waals surface area (Å²) in [7, 11) is 0. The standard InChI is InChI=1S/C63H37N5O/c1-3-16-38(17-4-1)61-64-62(43-30-31-47-45-24-13-14-28-53(45)67(54(47)36-43)44-22-5-2-6-23-44)66-63(65-61)49-27-15-29-58-59(49)52-37-57(46-25-11-12-26-48(46)60(52)69-58)68-55-34-41-20-9-7-18-39(41)32-50(55)51-33-40-19-8-10-21-42(40)35-56(51)68/h1-37H. The zero-order valence-corrected chi connectivity index (χ0v) is 37.0. The van der Waals surface area contributed by atoms with Crippen molar-refractivity contribution >= 4 is 97.9 Å². The summed E-state index contributed by atoms with van der Waals surface area (Å²) < 4.78 is 11.8. The fraction of sp³-hybridized carbons (Fsp3) is 0. The lowest BCUT2D eigenvalue weighted by atomic mass is 10.0. The highest BCUT2D eigenvalue weighted by Gasteiger charge is 2.24. The molecule has 0 radical (unpaired) electrons. The van der Waals surface area contributed by atoms with Gasteiger partial charge < -0.3 is 13.6 Å². The lowest BCUT2D eigenvalue weighted by Crippen LogP contribution is -2.01. The van der Waals surface area contributed by atoms with E-state index in [2.05, 4.69) is 209 Å². The summed E-state index contributed by atoms with van der Waals surface area (Å²) in [5.41, 5.74) is 10.9. The number of para-hydroxylation sites is 2. The van der Waals surface area contributed by atoms with Gasteiger partial charge in [-0.2, -0.15) is 0 Å². The SMILES string of the molecule is c1ccc(-c2nc(-c3ccc4c5ccccc5n(-c5ccccc5)c4c3)nc(-c3cccc4oc5c6ccccc6c(-n6c7cc8ccccc8cc7c7cc8ccccc8cc76)cc5c34)n2)cc1. The van der Waals surface area contributed by atoms with Crippen molar-refractivity contribution in [1.29, 1.82) is 0 Å². The Hall–Kier alpha value is -9.39. The van der Waals surface area contributed by atoms with Crippen molar-refractivity contribution < 1.29 is 4.42 Å². The maximum absolute atomic E-state index is 6.97. The molecule has 0 amide bonds. The molecule has 0 aliphatic rings. The molecule has 0 unspecified atom stereocenters. The summed E-state index contributed by atoms with van der Waals surface area (Å²) in [6.45, 7) is 0. The first-order chi connectivity index (χ1) is 34.2. The van der Waals surface area contributed by atoms with E-state index in [1.807, 2.05) is 24.3 Å². The molecule has 0 spiro atoms. The fourth-order valence-electron chi connectivity index (χ4n) is 11.0. The second kappa shape index (κ2) is 14.6. The van der Waals surface area contributed by atoms with Crippen LogP contribution in [-0.2, 0) is 0 Å². The molecule has 6 nitrogen and oxygen atoms in total. The van der Waals surface area contributed by atoms with E-state index in [1.165, 1.54) is 37.7 Å². The van der Waals surface area contributed by atoms with Crippen molar-refractivity contribution in [2.75, 3.05) is 0 Å². The minimum atomic E-state index is 0.570. The van der Waals surface area contributed by atoms with E-state index < -0.39 is 0 Å². The van der Waals surface area contributed by atoms with Gasteiger partial charge in [0.2, 0.25) is 0 Å². The topological polar surface area (TPSA) is 61.7 Å². The monoisotopic (exact) mass is 879 g/mol. The normalized spacial score (nSPS) is 12.1. The number of hydrogen-bond acceptors (Lipinski definition) is 4. The van der Waals surface area contributed by atoms with Crippen LogP contribution in [0.1, 0.15) is 0 Å². The first-order valence-electron chi connectivity index (χ1n) is 23.3. The van der Waals surface area contributed by atoms with Crippen LogP contribution in [0.2, 0.25) is 0 Å². The molecule has 0 fully saturated rings. The number of aromatic nitrogens is 5. The molecule has 0 saturated carbocycles. The number of hydrogen-bond donors (Lipinski definition) is 0. The van der Waals surface area contributed by atoms with Gasteiger partial charge in [0.05, 0.1) is 27.8 Å². The van der Waals surface area contributed by atoms with Crippen LogP contribution < -0.4 is 0 Å². The third kappa shape index (κ3) is 5.69. The summed E-state index contributed by atoms with van der Waals surface area (Å²) in [5.74, 6) is 1.76. The smallest absolute Gasteiger partial charge is 0.164 e. The van der Waals surface area contributed by atoms with Crippen molar-refractivity contribution in [3.63, 3.8) is 0 Å². The number of fused-ring (bicyclic) bond motifs is 13. The summed E-state index contributed by atoms with van der Waals surface area (Å²) >= 11 is 0. The molecule has 0 aliphatic heterocycles. The minimum absolute atomic E-state index is 0.570. The van der Waals surface area contributed by atoms with Crippen molar-refractivity contribution in [1.82, 2.24) is 24.1 Å². The Balaban J connectivity index is 1.01. The van der Waals surface area contributed by atoms with Crippen LogP contribution in [0.4, 0.5) is 0 Å². The van der Waals surface area contributed by atoms with Crippen molar-refractivity contribution in [3.05, 3.63) is 224 Å². The van der Waals surface area contributed by atoms with Gasteiger partial charge in [-0.1, -0.05) is 164 Å². The van der Waals surface area contributed by atoms with Crippen molar-refractivity contribution in [3.8, 4) is 45.5 Å². The Bertz CT molecular complexity index is 4510. The quantitative estimate of drug-likeness (QED) is 0.173. The van der Waals surface area contributed by atoms with Gasteiger partial charge in [-0.25, -0.2) is 15.0 Å². The number of nitrogens with zero attached hydrogens (tertiary/aromatic N) is 5. The Kier molecular flexibility index (Phi) is 7.97. The second-order valence-corrected chi connectivity index (χ2v) is 18.0. The maximum atomic E-state index is 6.97. The predicted molar refractivity (Wildman–Crippen MR) is 285 cm³/mol. The zero-order valence-electron chi connectivity index (χ0n) is 37.0. The molecule has 69 heavy (non-hydrogen) atoms. The molecule has 0 N–H and O–H groups in total. The highest BCUT2D eigenvalue weighted by Crippen LogP contribution is 2.45. The summed E-state index contributed by atoms with van der Waals surface area (Å²) in [4.78, 5) is 15.9. The summed E-state index contributed by atoms with van der Waals surface area (Å²) in [6, 6.07) is 79.8. The average Bonchev–Trinajstić information content (AvgIpc) is 4.06. The van der Waals surface area contributed by atoms with Gasteiger partial charge >= 0.3 is 0 Å². The number of benzene rings is 11. The Morgan fingerprint density at radius 2 is 0.870 bits per heavy atom. The van der Waals surface area contributed by atoms with Crippen LogP contribution in [0, 0.1) is 0 Å². The van der Waals surface area contributed by atoms with E-state index in [9.17, 15) is 0 Å². The first-order valence-corrected chi connectivity index (χ1v) is 23.3. The highest BCUT2D eigenvalue weighted by atomic mass is 16.3. The molecule has 4 aromatic heterocycles. The number of furan rings is 1. The van der Waals surface area contributed by atoms with E-state index in [4.69, 9.17) is 19.4 Å².